The van der Waals surface area contributed by atoms with E-state index in [2.05, 4.69) is 20.1 Å². The van der Waals surface area contributed by atoms with Gasteiger partial charge in [-0.05, 0) is 37.2 Å². The molecule has 0 saturated carbocycles. The molecule has 12 heteroatoms. The summed E-state index contributed by atoms with van der Waals surface area (Å²) in [5.41, 5.74) is 1.06. The Hall–Kier alpha value is -1.82. The molecule has 3 N–H and O–H groups in total. The first kappa shape index (κ1) is 23.2. The van der Waals surface area contributed by atoms with Crippen LogP contribution in [0.25, 0.3) is 0 Å². The van der Waals surface area contributed by atoms with Crippen molar-refractivity contribution in [1.82, 2.24) is 15.4 Å². The average molecular weight is 430 g/mol. The third-order valence-corrected chi connectivity index (χ3v) is 4.88. The van der Waals surface area contributed by atoms with Gasteiger partial charge in [0.05, 0.1) is 11.4 Å². The molecule has 0 radical (unpaired) electrons. The molecule has 1 aromatic rings. The Bertz CT molecular complexity index is 768. The number of carbonyl (C=O) groups excluding carboxylic acids is 1. The number of amides is 1. The number of sulfonamides is 1. The Kier molecular flexibility index (Phi) is 8.54. The maximum absolute atomic E-state index is 12.1. The SMILES string of the molecule is Cl.O=C(CNS(=O)(=O)c1ccc(OC(F)(F)F)cc1)NCC1=CCNCC1. The first-order valence-electron chi connectivity index (χ1n) is 7.66. The van der Waals surface area contributed by atoms with Gasteiger partial charge in [-0.2, -0.15) is 0 Å². The lowest BCUT2D eigenvalue weighted by atomic mass is 10.1. The van der Waals surface area contributed by atoms with Gasteiger partial charge in [-0.15, -0.1) is 25.6 Å². The summed E-state index contributed by atoms with van der Waals surface area (Å²) in [5, 5.41) is 5.73. The van der Waals surface area contributed by atoms with Crippen LogP contribution in [0.5, 0.6) is 5.75 Å². The number of hydrogen-bond donors (Lipinski definition) is 3. The van der Waals surface area contributed by atoms with Crippen molar-refractivity contribution >= 4 is 28.3 Å². The summed E-state index contributed by atoms with van der Waals surface area (Å²) in [6.07, 6.45) is -2.10. The van der Waals surface area contributed by atoms with Gasteiger partial charge < -0.3 is 15.4 Å². The summed E-state index contributed by atoms with van der Waals surface area (Å²) in [4.78, 5) is 11.5. The Morgan fingerprint density at radius 2 is 1.89 bits per heavy atom. The topological polar surface area (TPSA) is 96.5 Å². The van der Waals surface area contributed by atoms with Crippen molar-refractivity contribution in [3.8, 4) is 5.75 Å². The lowest BCUT2D eigenvalue weighted by Gasteiger charge is -2.14. The molecule has 0 fully saturated rings. The maximum atomic E-state index is 12.1. The summed E-state index contributed by atoms with van der Waals surface area (Å²) in [5.74, 6) is -1.05. The zero-order valence-electron chi connectivity index (χ0n) is 14.0. The molecule has 0 aliphatic carbocycles. The van der Waals surface area contributed by atoms with Crippen molar-refractivity contribution < 1.29 is 31.1 Å². The van der Waals surface area contributed by atoms with Crippen LogP contribution in [0.2, 0.25) is 0 Å². The van der Waals surface area contributed by atoms with E-state index in [0.29, 0.717) is 6.54 Å². The second-order valence-corrected chi connectivity index (χ2v) is 7.20. The van der Waals surface area contributed by atoms with Gasteiger partial charge >= 0.3 is 6.36 Å². The van der Waals surface area contributed by atoms with Gasteiger partial charge in [0.2, 0.25) is 15.9 Å². The summed E-state index contributed by atoms with van der Waals surface area (Å²) in [6, 6.07) is 3.68. The van der Waals surface area contributed by atoms with Crippen molar-refractivity contribution in [2.75, 3.05) is 26.2 Å². The molecule has 7 nitrogen and oxygen atoms in total. The summed E-state index contributed by atoms with van der Waals surface area (Å²) < 4.78 is 66.2. The Morgan fingerprint density at radius 1 is 1.22 bits per heavy atom. The lowest BCUT2D eigenvalue weighted by Crippen LogP contribution is -2.38. The minimum atomic E-state index is -4.86. The molecule has 0 bridgehead atoms. The molecule has 27 heavy (non-hydrogen) atoms. The van der Waals surface area contributed by atoms with Crippen LogP contribution < -0.4 is 20.1 Å². The standard InChI is InChI=1S/C15H18F3N3O4S.ClH/c16-15(17,18)25-12-1-3-13(4-2-12)26(23,24)21-10-14(22)20-9-11-5-7-19-8-6-11;/h1-5,19,21H,6-10H2,(H,20,22);1H. The van der Waals surface area contributed by atoms with Crippen LogP contribution in [-0.4, -0.2) is 46.9 Å². The number of rotatable bonds is 7. The molecule has 2 rings (SSSR count). The normalized spacial score (nSPS) is 14.7. The van der Waals surface area contributed by atoms with Crippen molar-refractivity contribution in [3.05, 3.63) is 35.9 Å². The van der Waals surface area contributed by atoms with E-state index < -0.39 is 34.6 Å². The zero-order chi connectivity index (χ0) is 19.2. The number of halogens is 4. The fourth-order valence-corrected chi connectivity index (χ4v) is 3.15. The van der Waals surface area contributed by atoms with Gasteiger partial charge in [-0.1, -0.05) is 11.6 Å². The summed E-state index contributed by atoms with van der Waals surface area (Å²) >= 11 is 0. The molecule has 0 spiro atoms. The van der Waals surface area contributed by atoms with Gasteiger partial charge in [0, 0.05) is 13.1 Å². The summed E-state index contributed by atoms with van der Waals surface area (Å²) in [7, 11) is -4.03. The molecule has 0 aromatic heterocycles. The predicted molar refractivity (Wildman–Crippen MR) is 94.1 cm³/mol. The minimum absolute atomic E-state index is 0. The van der Waals surface area contributed by atoms with Gasteiger partial charge in [0.15, 0.2) is 0 Å². The maximum Gasteiger partial charge on any atom is 0.573 e. The van der Waals surface area contributed by atoms with Crippen LogP contribution in [-0.2, 0) is 14.8 Å². The Morgan fingerprint density at radius 3 is 2.44 bits per heavy atom. The van der Waals surface area contributed by atoms with Crippen molar-refractivity contribution in [1.29, 1.82) is 0 Å². The van der Waals surface area contributed by atoms with Crippen LogP contribution in [0.4, 0.5) is 13.2 Å². The average Bonchev–Trinajstić information content (AvgIpc) is 2.58. The molecule has 152 valence electrons. The fourth-order valence-electron chi connectivity index (χ4n) is 2.17. The molecule has 0 saturated heterocycles. The van der Waals surface area contributed by atoms with E-state index in [1.165, 1.54) is 0 Å². The van der Waals surface area contributed by atoms with Crippen LogP contribution in [0.3, 0.4) is 0 Å². The molecule has 1 aliphatic heterocycles. The van der Waals surface area contributed by atoms with Gasteiger partial charge in [0.1, 0.15) is 5.75 Å². The summed E-state index contributed by atoms with van der Waals surface area (Å²) in [6.45, 7) is 1.41. The number of alkyl halides is 3. The zero-order valence-corrected chi connectivity index (χ0v) is 15.6. The molecule has 1 amide bonds. The third-order valence-electron chi connectivity index (χ3n) is 3.46. The van der Waals surface area contributed by atoms with Crippen LogP contribution >= 0.6 is 12.4 Å². The smallest absolute Gasteiger partial charge is 0.406 e. The van der Waals surface area contributed by atoms with Crippen LogP contribution in [0.15, 0.2) is 40.8 Å². The first-order valence-corrected chi connectivity index (χ1v) is 9.15. The van der Waals surface area contributed by atoms with E-state index >= 15 is 0 Å². The third kappa shape index (κ3) is 8.16. The molecule has 0 atom stereocenters. The quantitative estimate of drug-likeness (QED) is 0.568. The monoisotopic (exact) mass is 429 g/mol. The van der Waals surface area contributed by atoms with E-state index in [4.69, 9.17) is 0 Å². The van der Waals surface area contributed by atoms with E-state index in [9.17, 15) is 26.4 Å². The Labute approximate surface area is 160 Å². The molecular formula is C15H19ClF3N3O4S. The van der Waals surface area contributed by atoms with Gasteiger partial charge in [-0.3, -0.25) is 4.79 Å². The highest BCUT2D eigenvalue weighted by molar-refractivity contribution is 7.89. The van der Waals surface area contributed by atoms with E-state index in [1.54, 1.807) is 0 Å². The highest BCUT2D eigenvalue weighted by atomic mass is 35.5. The van der Waals surface area contributed by atoms with Crippen molar-refractivity contribution in [2.24, 2.45) is 0 Å². The largest absolute Gasteiger partial charge is 0.573 e. The van der Waals surface area contributed by atoms with Crippen LogP contribution in [0.1, 0.15) is 6.42 Å². The highest BCUT2D eigenvalue weighted by Gasteiger charge is 2.31. The number of nitrogens with one attached hydrogen (secondary N) is 3. The number of carbonyl (C=O) groups is 1. The predicted octanol–water partition coefficient (Wildman–Crippen LogP) is 1.32. The second kappa shape index (κ2) is 9.93. The first-order chi connectivity index (χ1) is 12.2. The molecule has 1 heterocycles. The molecule has 1 aliphatic rings. The van der Waals surface area contributed by atoms with E-state index in [1.807, 2.05) is 6.08 Å². The Balaban J connectivity index is 0.00000364. The highest BCUT2D eigenvalue weighted by Crippen LogP contribution is 2.23. The second-order valence-electron chi connectivity index (χ2n) is 5.44. The molecular weight excluding hydrogens is 411 g/mol. The number of hydrogen-bond acceptors (Lipinski definition) is 5. The van der Waals surface area contributed by atoms with E-state index in [0.717, 1.165) is 49.3 Å². The van der Waals surface area contributed by atoms with Gasteiger partial charge in [0.25, 0.3) is 0 Å². The van der Waals surface area contributed by atoms with Gasteiger partial charge in [-0.25, -0.2) is 13.1 Å². The number of ether oxygens (including phenoxy) is 1. The van der Waals surface area contributed by atoms with Crippen LogP contribution in [0, 0.1) is 0 Å². The molecule has 0 unspecified atom stereocenters. The fraction of sp³-hybridized carbons (Fsp3) is 0.400. The van der Waals surface area contributed by atoms with Crippen molar-refractivity contribution in [3.63, 3.8) is 0 Å². The number of benzene rings is 1. The molecule has 1 aromatic carbocycles. The lowest BCUT2D eigenvalue weighted by molar-refractivity contribution is -0.274. The minimum Gasteiger partial charge on any atom is -0.406 e. The van der Waals surface area contributed by atoms with Crippen molar-refractivity contribution in [2.45, 2.75) is 17.7 Å². The van der Waals surface area contributed by atoms with E-state index in [-0.39, 0.29) is 17.3 Å².